The van der Waals surface area contributed by atoms with Crippen LogP contribution in [0.4, 0.5) is 22.4 Å². The molecule has 1 N–H and O–H groups in total. The van der Waals surface area contributed by atoms with Gasteiger partial charge in [-0.3, -0.25) is 19.3 Å². The van der Waals surface area contributed by atoms with Crippen molar-refractivity contribution in [2.24, 2.45) is 11.8 Å². The molecular formula is C26H34F4N4O4. The number of likely N-dealkylation sites (N-methyl/N-ethyl adjacent to an activating group) is 1. The summed E-state index contributed by atoms with van der Waals surface area (Å²) in [4.78, 5) is 56.2. The van der Waals surface area contributed by atoms with Crippen molar-refractivity contribution in [3.05, 3.63) is 35.1 Å². The second-order valence-electron chi connectivity index (χ2n) is 10.7. The molecule has 0 radical (unpaired) electrons. The molecule has 38 heavy (non-hydrogen) atoms. The van der Waals surface area contributed by atoms with Gasteiger partial charge in [-0.1, -0.05) is 27.7 Å². The Morgan fingerprint density at radius 3 is 2.21 bits per heavy atom. The Balaban J connectivity index is 1.75. The number of likely N-dealkylation sites (tertiary alicyclic amines) is 1. The van der Waals surface area contributed by atoms with E-state index >= 15 is 0 Å². The molecule has 1 unspecified atom stereocenters. The van der Waals surface area contributed by atoms with Crippen molar-refractivity contribution in [3.8, 4) is 0 Å². The number of halogens is 4. The highest BCUT2D eigenvalue weighted by molar-refractivity contribution is 6.07. The molecule has 0 bridgehead atoms. The normalized spacial score (nSPS) is 18.7. The van der Waals surface area contributed by atoms with Crippen LogP contribution in [0.5, 0.6) is 0 Å². The zero-order valence-corrected chi connectivity index (χ0v) is 22.2. The van der Waals surface area contributed by atoms with Crippen LogP contribution < -0.4 is 5.32 Å². The van der Waals surface area contributed by atoms with Gasteiger partial charge in [0.15, 0.2) is 0 Å². The van der Waals surface area contributed by atoms with Crippen LogP contribution >= 0.6 is 0 Å². The van der Waals surface area contributed by atoms with E-state index in [0.717, 1.165) is 4.90 Å². The topological polar surface area (TPSA) is 90.0 Å². The van der Waals surface area contributed by atoms with Gasteiger partial charge in [-0.05, 0) is 49.3 Å². The first-order chi connectivity index (χ1) is 17.6. The summed E-state index contributed by atoms with van der Waals surface area (Å²) in [5.41, 5.74) is -3.04. The Labute approximate surface area is 219 Å². The number of imide groups is 1. The molecule has 2 aliphatic heterocycles. The summed E-state index contributed by atoms with van der Waals surface area (Å²) in [6.07, 6.45) is -3.62. The summed E-state index contributed by atoms with van der Waals surface area (Å²) in [7, 11) is 1.44. The Hall–Kier alpha value is -3.18. The summed E-state index contributed by atoms with van der Waals surface area (Å²) in [5.74, 6) is -3.21. The molecule has 1 atom stereocenters. The van der Waals surface area contributed by atoms with E-state index in [9.17, 15) is 36.7 Å². The molecule has 0 saturated carbocycles. The zero-order valence-electron chi connectivity index (χ0n) is 22.2. The number of hydrogen-bond acceptors (Lipinski definition) is 4. The van der Waals surface area contributed by atoms with Gasteiger partial charge >= 0.3 is 12.2 Å². The van der Waals surface area contributed by atoms with Crippen LogP contribution in [0.25, 0.3) is 0 Å². The van der Waals surface area contributed by atoms with Crippen LogP contribution in [0, 0.1) is 17.7 Å². The highest BCUT2D eigenvalue weighted by Crippen LogP contribution is 2.37. The standard InChI is InChI=1S/C26H34F4N4O4/c1-15(2)8-11-34-24(38)32(5)23(37)25(34)9-12-33(13-10-25)22(36)20(16(3)4)31-21(35)18-14-17(26(28,29)30)6-7-19(18)27/h6-7,14-16,20H,8-13H2,1-5H3,(H,31,35). The first-order valence-corrected chi connectivity index (χ1v) is 12.7. The van der Waals surface area contributed by atoms with Crippen LogP contribution in [-0.4, -0.2) is 76.7 Å². The fourth-order valence-electron chi connectivity index (χ4n) is 4.96. The molecule has 2 aliphatic rings. The zero-order chi connectivity index (χ0) is 28.6. The number of alkyl halides is 3. The maximum atomic E-state index is 14.2. The number of piperidine rings is 1. The third-order valence-corrected chi connectivity index (χ3v) is 7.33. The number of nitrogens with zero attached hydrogens (tertiary/aromatic N) is 3. The minimum Gasteiger partial charge on any atom is -0.341 e. The van der Waals surface area contributed by atoms with Gasteiger partial charge in [0, 0.05) is 26.7 Å². The summed E-state index contributed by atoms with van der Waals surface area (Å²) < 4.78 is 53.5. The van der Waals surface area contributed by atoms with E-state index in [1.807, 2.05) is 13.8 Å². The first-order valence-electron chi connectivity index (χ1n) is 12.7. The van der Waals surface area contributed by atoms with E-state index in [0.29, 0.717) is 37.1 Å². The maximum Gasteiger partial charge on any atom is 0.416 e. The van der Waals surface area contributed by atoms with E-state index in [4.69, 9.17) is 0 Å². The van der Waals surface area contributed by atoms with Crippen molar-refractivity contribution in [3.63, 3.8) is 0 Å². The number of carbonyl (C=O) groups is 4. The number of amides is 5. The molecule has 3 rings (SSSR count). The smallest absolute Gasteiger partial charge is 0.341 e. The lowest BCUT2D eigenvalue weighted by atomic mass is 9.85. The highest BCUT2D eigenvalue weighted by atomic mass is 19.4. The van der Waals surface area contributed by atoms with Gasteiger partial charge < -0.3 is 15.1 Å². The summed E-state index contributed by atoms with van der Waals surface area (Å²) in [6.45, 7) is 8.03. The summed E-state index contributed by atoms with van der Waals surface area (Å²) in [6, 6.07) is 0.0208. The predicted octanol–water partition coefficient (Wildman–Crippen LogP) is 3.90. The molecule has 210 valence electrons. The predicted molar refractivity (Wildman–Crippen MR) is 130 cm³/mol. The molecule has 2 heterocycles. The van der Waals surface area contributed by atoms with E-state index in [2.05, 4.69) is 5.32 Å². The Kier molecular flexibility index (Phi) is 8.42. The van der Waals surface area contributed by atoms with Crippen molar-refractivity contribution in [1.29, 1.82) is 0 Å². The molecule has 0 aromatic heterocycles. The average molecular weight is 543 g/mol. The Morgan fingerprint density at radius 1 is 1.08 bits per heavy atom. The molecule has 5 amide bonds. The fourth-order valence-corrected chi connectivity index (χ4v) is 4.96. The number of hydrogen-bond donors (Lipinski definition) is 1. The summed E-state index contributed by atoms with van der Waals surface area (Å²) >= 11 is 0. The molecule has 0 aliphatic carbocycles. The third kappa shape index (κ3) is 5.63. The molecule has 12 heteroatoms. The number of nitrogens with one attached hydrogen (secondary N) is 1. The van der Waals surface area contributed by atoms with Gasteiger partial charge in [0.2, 0.25) is 5.91 Å². The lowest BCUT2D eigenvalue weighted by Gasteiger charge is -2.43. The second kappa shape index (κ2) is 10.9. The maximum absolute atomic E-state index is 14.2. The average Bonchev–Trinajstić information content (AvgIpc) is 3.00. The summed E-state index contributed by atoms with van der Waals surface area (Å²) in [5, 5.41) is 2.40. The number of urea groups is 1. The van der Waals surface area contributed by atoms with Crippen LogP contribution in [0.3, 0.4) is 0 Å². The van der Waals surface area contributed by atoms with Crippen molar-refractivity contribution in [2.75, 3.05) is 26.7 Å². The largest absolute Gasteiger partial charge is 0.416 e. The Bertz CT molecular complexity index is 1100. The van der Waals surface area contributed by atoms with Gasteiger partial charge in [0.05, 0.1) is 11.1 Å². The van der Waals surface area contributed by atoms with Crippen LogP contribution in [-0.2, 0) is 15.8 Å². The van der Waals surface area contributed by atoms with Gasteiger partial charge in [0.1, 0.15) is 17.4 Å². The fraction of sp³-hybridized carbons (Fsp3) is 0.615. The quantitative estimate of drug-likeness (QED) is 0.418. The van der Waals surface area contributed by atoms with Crippen molar-refractivity contribution >= 4 is 23.8 Å². The molecular weight excluding hydrogens is 508 g/mol. The third-order valence-electron chi connectivity index (χ3n) is 7.33. The number of rotatable bonds is 7. The van der Waals surface area contributed by atoms with Crippen LogP contribution in [0.1, 0.15) is 62.9 Å². The van der Waals surface area contributed by atoms with Gasteiger partial charge in [-0.15, -0.1) is 0 Å². The molecule has 1 spiro atoms. The van der Waals surface area contributed by atoms with Crippen molar-refractivity contribution in [1.82, 2.24) is 20.0 Å². The van der Waals surface area contributed by atoms with E-state index < -0.39 is 52.4 Å². The Morgan fingerprint density at radius 2 is 1.68 bits per heavy atom. The number of benzene rings is 1. The van der Waals surface area contributed by atoms with Gasteiger partial charge in [-0.25, -0.2) is 9.18 Å². The molecule has 1 aromatic carbocycles. The van der Waals surface area contributed by atoms with E-state index in [1.54, 1.807) is 18.7 Å². The lowest BCUT2D eigenvalue weighted by molar-refractivity contribution is -0.142. The van der Waals surface area contributed by atoms with Gasteiger partial charge in [-0.2, -0.15) is 13.2 Å². The number of carbonyl (C=O) groups excluding carboxylic acids is 4. The van der Waals surface area contributed by atoms with Crippen LogP contribution in [0.15, 0.2) is 18.2 Å². The van der Waals surface area contributed by atoms with Crippen molar-refractivity contribution in [2.45, 2.75) is 64.7 Å². The SMILES string of the molecule is CC(C)CCN1C(=O)N(C)C(=O)C12CCN(C(=O)C(NC(=O)c1cc(C(F)(F)F)ccc1F)C(C)C)CC2. The molecule has 2 saturated heterocycles. The van der Waals surface area contributed by atoms with Gasteiger partial charge in [0.25, 0.3) is 11.8 Å². The van der Waals surface area contributed by atoms with Crippen molar-refractivity contribution < 1.29 is 36.7 Å². The van der Waals surface area contributed by atoms with E-state index in [1.165, 1.54) is 11.9 Å². The second-order valence-corrected chi connectivity index (χ2v) is 10.7. The first kappa shape index (κ1) is 29.4. The minimum atomic E-state index is -4.77. The highest BCUT2D eigenvalue weighted by Gasteiger charge is 2.57. The molecule has 8 nitrogen and oxygen atoms in total. The van der Waals surface area contributed by atoms with E-state index in [-0.39, 0.29) is 37.9 Å². The lowest BCUT2D eigenvalue weighted by Crippen LogP contribution is -2.60. The molecule has 2 fully saturated rings. The molecule has 1 aromatic rings. The van der Waals surface area contributed by atoms with Crippen LogP contribution in [0.2, 0.25) is 0 Å². The minimum absolute atomic E-state index is 0.140. The monoisotopic (exact) mass is 542 g/mol.